The van der Waals surface area contributed by atoms with E-state index in [0.29, 0.717) is 32.9 Å². The van der Waals surface area contributed by atoms with Crippen LogP contribution in [0.15, 0.2) is 42.5 Å². The second-order valence-corrected chi connectivity index (χ2v) is 5.47. The molecule has 1 amide bonds. The Bertz CT molecular complexity index is 737. The van der Waals surface area contributed by atoms with Gasteiger partial charge in [0.15, 0.2) is 5.11 Å². The first-order chi connectivity index (χ1) is 11.0. The fourth-order valence-electron chi connectivity index (χ4n) is 1.89. The zero-order valence-corrected chi connectivity index (χ0v) is 14.2. The lowest BCUT2D eigenvalue weighted by Crippen LogP contribution is -2.20. The van der Waals surface area contributed by atoms with E-state index in [1.807, 2.05) is 18.2 Å². The van der Waals surface area contributed by atoms with Crippen LogP contribution in [0.2, 0.25) is 5.02 Å². The van der Waals surface area contributed by atoms with Crippen molar-refractivity contribution in [3.05, 3.63) is 47.5 Å². The monoisotopic (exact) mass is 349 g/mol. The summed E-state index contributed by atoms with van der Waals surface area (Å²) in [6.45, 7) is 1.44. The summed E-state index contributed by atoms with van der Waals surface area (Å²) in [4.78, 5) is 11.3. The highest BCUT2D eigenvalue weighted by Gasteiger charge is 2.09. The molecule has 2 aromatic rings. The molecule has 0 spiro atoms. The summed E-state index contributed by atoms with van der Waals surface area (Å²) >= 11 is 11.4. The third-order valence-corrected chi connectivity index (χ3v) is 3.44. The van der Waals surface area contributed by atoms with Gasteiger partial charge in [-0.2, -0.15) is 0 Å². The van der Waals surface area contributed by atoms with E-state index in [1.165, 1.54) is 6.92 Å². The fraction of sp³-hybridized carbons (Fsp3) is 0.125. The van der Waals surface area contributed by atoms with Crippen molar-refractivity contribution in [2.75, 3.05) is 23.1 Å². The van der Waals surface area contributed by atoms with Gasteiger partial charge in [-0.3, -0.25) is 4.79 Å². The Morgan fingerprint density at radius 3 is 2.39 bits per heavy atom. The number of anilines is 3. The maximum absolute atomic E-state index is 11.3. The molecule has 0 saturated carbocycles. The molecule has 0 atom stereocenters. The van der Waals surface area contributed by atoms with Crippen LogP contribution in [-0.4, -0.2) is 18.1 Å². The lowest BCUT2D eigenvalue weighted by atomic mass is 10.2. The molecule has 0 bridgehead atoms. The van der Waals surface area contributed by atoms with Gasteiger partial charge in [0, 0.05) is 13.0 Å². The average Bonchev–Trinajstić information content (AvgIpc) is 2.51. The summed E-state index contributed by atoms with van der Waals surface area (Å²) in [7, 11) is 1.57. The number of amides is 1. The van der Waals surface area contributed by atoms with E-state index in [4.69, 9.17) is 28.6 Å². The summed E-state index contributed by atoms with van der Waals surface area (Å²) in [5.74, 6) is 0.463. The van der Waals surface area contributed by atoms with Gasteiger partial charge < -0.3 is 20.7 Å². The summed E-state index contributed by atoms with van der Waals surface area (Å²) in [6.07, 6.45) is 0. The van der Waals surface area contributed by atoms with Gasteiger partial charge in [-0.05, 0) is 36.5 Å². The van der Waals surface area contributed by atoms with Crippen LogP contribution in [0.25, 0.3) is 0 Å². The first kappa shape index (κ1) is 17.1. The Balaban J connectivity index is 2.18. The molecule has 5 nitrogen and oxygen atoms in total. The van der Waals surface area contributed by atoms with Gasteiger partial charge in [0.2, 0.25) is 5.91 Å². The average molecular weight is 350 g/mol. The van der Waals surface area contributed by atoms with Gasteiger partial charge in [0.25, 0.3) is 0 Å². The number of para-hydroxylation sites is 1. The second-order valence-electron chi connectivity index (χ2n) is 4.65. The lowest BCUT2D eigenvalue weighted by molar-refractivity contribution is -0.114. The quantitative estimate of drug-likeness (QED) is 0.725. The molecule has 23 heavy (non-hydrogen) atoms. The molecule has 0 unspecified atom stereocenters. The minimum atomic E-state index is -0.178. The Labute approximate surface area is 145 Å². The van der Waals surface area contributed by atoms with Crippen LogP contribution in [0.3, 0.4) is 0 Å². The van der Waals surface area contributed by atoms with Crippen molar-refractivity contribution in [3.8, 4) is 5.75 Å². The van der Waals surface area contributed by atoms with E-state index in [0.717, 1.165) is 0 Å². The Morgan fingerprint density at radius 1 is 1.04 bits per heavy atom. The van der Waals surface area contributed by atoms with Crippen molar-refractivity contribution in [2.24, 2.45) is 0 Å². The summed E-state index contributed by atoms with van der Waals surface area (Å²) in [5, 5.41) is 9.68. The molecule has 7 heteroatoms. The molecule has 0 saturated heterocycles. The molecule has 0 fully saturated rings. The third-order valence-electron chi connectivity index (χ3n) is 2.91. The van der Waals surface area contributed by atoms with Crippen LogP contribution < -0.4 is 20.7 Å². The smallest absolute Gasteiger partial charge is 0.221 e. The van der Waals surface area contributed by atoms with Crippen molar-refractivity contribution in [3.63, 3.8) is 0 Å². The van der Waals surface area contributed by atoms with Gasteiger partial charge in [-0.1, -0.05) is 23.7 Å². The molecule has 0 aliphatic rings. The summed E-state index contributed by atoms with van der Waals surface area (Å²) in [5.41, 5.74) is 1.90. The number of thiocarbonyl (C=S) groups is 1. The highest BCUT2D eigenvalue weighted by Crippen LogP contribution is 2.28. The summed E-state index contributed by atoms with van der Waals surface area (Å²) in [6, 6.07) is 12.5. The highest BCUT2D eigenvalue weighted by atomic mass is 35.5. The normalized spacial score (nSPS) is 9.87. The van der Waals surface area contributed by atoms with Gasteiger partial charge in [0.1, 0.15) is 5.75 Å². The number of carbonyl (C=O) groups is 1. The molecule has 2 rings (SSSR count). The van der Waals surface area contributed by atoms with Crippen LogP contribution in [0.4, 0.5) is 17.1 Å². The molecule has 3 N–H and O–H groups in total. The van der Waals surface area contributed by atoms with Crippen LogP contribution >= 0.6 is 23.8 Å². The Hall–Kier alpha value is -2.31. The number of ether oxygens (including phenoxy) is 1. The first-order valence-corrected chi connectivity index (χ1v) is 7.56. The maximum atomic E-state index is 11.3. The Morgan fingerprint density at radius 2 is 1.74 bits per heavy atom. The molecule has 0 aliphatic heterocycles. The third kappa shape index (κ3) is 4.84. The largest absolute Gasteiger partial charge is 0.497 e. The van der Waals surface area contributed by atoms with Gasteiger partial charge in [-0.15, -0.1) is 0 Å². The Kier molecular flexibility index (Phi) is 5.78. The van der Waals surface area contributed by atoms with E-state index >= 15 is 0 Å². The van der Waals surface area contributed by atoms with Gasteiger partial charge in [0.05, 0.1) is 29.2 Å². The van der Waals surface area contributed by atoms with Crippen molar-refractivity contribution in [2.45, 2.75) is 6.92 Å². The van der Waals surface area contributed by atoms with Crippen molar-refractivity contribution < 1.29 is 9.53 Å². The number of nitrogens with one attached hydrogen (secondary N) is 3. The summed E-state index contributed by atoms with van der Waals surface area (Å²) < 4.78 is 5.20. The van der Waals surface area contributed by atoms with Gasteiger partial charge >= 0.3 is 0 Å². The number of hydrogen-bond donors (Lipinski definition) is 3. The van der Waals surface area contributed by atoms with Crippen LogP contribution in [0.1, 0.15) is 6.92 Å². The number of halogens is 1. The standard InChI is InChI=1S/C16H16ClN3O2S/c1-10(21)18-14-8-7-11(22-2)9-15(14)20-16(23)19-13-6-4-3-5-12(13)17/h3-9H,1-2H3,(H,18,21)(H2,19,20,23). The number of hydrogen-bond acceptors (Lipinski definition) is 3. The van der Waals surface area contributed by atoms with E-state index in [1.54, 1.807) is 31.4 Å². The minimum Gasteiger partial charge on any atom is -0.497 e. The minimum absolute atomic E-state index is 0.178. The topological polar surface area (TPSA) is 62.4 Å². The van der Waals surface area contributed by atoms with E-state index < -0.39 is 0 Å². The molecule has 0 aliphatic carbocycles. The first-order valence-electron chi connectivity index (χ1n) is 6.77. The van der Waals surface area contributed by atoms with Crippen molar-refractivity contribution in [1.82, 2.24) is 0 Å². The van der Waals surface area contributed by atoms with E-state index in [9.17, 15) is 4.79 Å². The molecule has 120 valence electrons. The predicted octanol–water partition coefficient (Wildman–Crippen LogP) is 4.12. The molecular formula is C16H16ClN3O2S. The van der Waals surface area contributed by atoms with Crippen LogP contribution in [0.5, 0.6) is 5.75 Å². The number of methoxy groups -OCH3 is 1. The van der Waals surface area contributed by atoms with E-state index in [2.05, 4.69) is 16.0 Å². The van der Waals surface area contributed by atoms with Crippen molar-refractivity contribution in [1.29, 1.82) is 0 Å². The highest BCUT2D eigenvalue weighted by molar-refractivity contribution is 7.80. The van der Waals surface area contributed by atoms with Crippen LogP contribution in [0, 0.1) is 0 Å². The number of benzene rings is 2. The molecule has 2 aromatic carbocycles. The van der Waals surface area contributed by atoms with Gasteiger partial charge in [-0.25, -0.2) is 0 Å². The van der Waals surface area contributed by atoms with E-state index in [-0.39, 0.29) is 5.91 Å². The number of rotatable bonds is 4. The van der Waals surface area contributed by atoms with Crippen molar-refractivity contribution >= 4 is 51.9 Å². The predicted molar refractivity (Wildman–Crippen MR) is 98.6 cm³/mol. The second kappa shape index (κ2) is 7.80. The molecule has 0 aromatic heterocycles. The fourth-order valence-corrected chi connectivity index (χ4v) is 2.29. The number of carbonyl (C=O) groups excluding carboxylic acids is 1. The zero-order chi connectivity index (χ0) is 16.8. The molecule has 0 heterocycles. The molecule has 0 radical (unpaired) electrons. The zero-order valence-electron chi connectivity index (χ0n) is 12.6. The maximum Gasteiger partial charge on any atom is 0.221 e. The SMILES string of the molecule is COc1ccc(NC(C)=O)c(NC(=S)Nc2ccccc2Cl)c1. The van der Waals surface area contributed by atoms with Crippen LogP contribution in [-0.2, 0) is 4.79 Å². The lowest BCUT2D eigenvalue weighted by Gasteiger charge is -2.16. The molecular weight excluding hydrogens is 334 g/mol.